The monoisotopic (exact) mass is 665 g/mol. The first-order chi connectivity index (χ1) is 23.6. The number of ether oxygens (including phenoxy) is 2. The number of halogens is 1. The van der Waals surface area contributed by atoms with E-state index in [1.807, 2.05) is 48.5 Å². The van der Waals surface area contributed by atoms with Crippen molar-refractivity contribution in [2.24, 2.45) is 0 Å². The fraction of sp³-hybridized carbons (Fsp3) is 0.243. The number of carbonyl (C=O) groups is 1. The summed E-state index contributed by atoms with van der Waals surface area (Å²) in [6, 6.07) is 29.6. The minimum atomic E-state index is -0.324. The van der Waals surface area contributed by atoms with Crippen LogP contribution in [-0.2, 0) is 27.2 Å². The third kappa shape index (κ3) is 8.35. The summed E-state index contributed by atoms with van der Waals surface area (Å²) < 4.78 is 26.5. The molecule has 0 fully saturated rings. The second-order valence-corrected chi connectivity index (χ2v) is 12.2. The van der Waals surface area contributed by atoms with E-state index >= 15 is 0 Å². The van der Waals surface area contributed by atoms with E-state index < -0.39 is 0 Å². The maximum atomic E-state index is 13.3. The first-order valence-corrected chi connectivity index (χ1v) is 16.9. The number of hydrogen-bond acceptors (Lipinski definition) is 8. The SMILES string of the molecule is O=C(Cn1c(CCSc2ccc(F)cc2)nc(=O)c2ccccc21)NCCOCCOCCNc1c2ccccc2nc2ccccc12. The van der Waals surface area contributed by atoms with Gasteiger partial charge < -0.3 is 24.7 Å². The number of thioether (sulfide) groups is 1. The Hall–Kier alpha value is -4.84. The quantitative estimate of drug-likeness (QED) is 0.0756. The van der Waals surface area contributed by atoms with E-state index in [0.29, 0.717) is 68.4 Å². The Morgan fingerprint density at radius 3 is 2.08 bits per heavy atom. The molecule has 0 bridgehead atoms. The minimum Gasteiger partial charge on any atom is -0.382 e. The van der Waals surface area contributed by atoms with Crippen LogP contribution in [0.2, 0.25) is 0 Å². The molecule has 0 aliphatic heterocycles. The highest BCUT2D eigenvalue weighted by molar-refractivity contribution is 7.99. The molecule has 0 atom stereocenters. The smallest absolute Gasteiger partial charge is 0.280 e. The molecule has 0 aliphatic carbocycles. The zero-order chi connectivity index (χ0) is 33.1. The van der Waals surface area contributed by atoms with Crippen LogP contribution < -0.4 is 16.2 Å². The molecule has 0 spiro atoms. The van der Waals surface area contributed by atoms with Gasteiger partial charge in [0, 0.05) is 40.9 Å². The minimum absolute atomic E-state index is 0.0164. The number of benzene rings is 4. The van der Waals surface area contributed by atoms with Crippen molar-refractivity contribution in [1.82, 2.24) is 19.9 Å². The maximum absolute atomic E-state index is 13.3. The number of para-hydroxylation sites is 3. The standard InChI is InChI=1S/C37H36FN5O4S/c38-26-13-15-27(16-14-26)48-24-17-34-42-37(45)30-9-3-6-12-33(30)43(34)25-35(44)39-18-20-46-22-23-47-21-19-40-36-28-7-1-4-10-31(28)41-32-11-5-2-8-29(32)36/h1-16H,17-25H2,(H,39,44)(H,40,41). The lowest BCUT2D eigenvalue weighted by molar-refractivity contribution is -0.121. The van der Waals surface area contributed by atoms with Gasteiger partial charge in [-0.2, -0.15) is 4.98 Å². The number of hydrogen-bond donors (Lipinski definition) is 2. The molecule has 48 heavy (non-hydrogen) atoms. The summed E-state index contributed by atoms with van der Waals surface area (Å²) in [4.78, 5) is 35.6. The number of anilines is 1. The van der Waals surface area contributed by atoms with E-state index in [0.717, 1.165) is 32.4 Å². The number of carbonyl (C=O) groups excluding carboxylic acids is 1. The largest absolute Gasteiger partial charge is 0.382 e. The van der Waals surface area contributed by atoms with Crippen molar-refractivity contribution >= 4 is 56.1 Å². The molecular formula is C37H36FN5O4S. The van der Waals surface area contributed by atoms with Crippen LogP contribution in [0.15, 0.2) is 107 Å². The molecule has 2 heterocycles. The second-order valence-electron chi connectivity index (χ2n) is 11.0. The molecule has 1 amide bonds. The molecule has 11 heteroatoms. The Bertz CT molecular complexity index is 2020. The van der Waals surface area contributed by atoms with Gasteiger partial charge in [-0.3, -0.25) is 9.59 Å². The van der Waals surface area contributed by atoms with E-state index in [-0.39, 0.29) is 23.8 Å². The van der Waals surface area contributed by atoms with Crippen LogP contribution in [0.4, 0.5) is 10.1 Å². The third-order valence-corrected chi connectivity index (χ3v) is 8.77. The molecule has 6 aromatic rings. The number of nitrogens with one attached hydrogen (secondary N) is 2. The summed E-state index contributed by atoms with van der Waals surface area (Å²) in [5.41, 5.74) is 3.27. The summed E-state index contributed by atoms with van der Waals surface area (Å²) in [6.07, 6.45) is 0.462. The predicted molar refractivity (Wildman–Crippen MR) is 189 cm³/mol. The molecule has 0 saturated carbocycles. The Balaban J connectivity index is 0.929. The van der Waals surface area contributed by atoms with Crippen LogP contribution in [0.3, 0.4) is 0 Å². The van der Waals surface area contributed by atoms with Crippen molar-refractivity contribution in [2.45, 2.75) is 17.9 Å². The van der Waals surface area contributed by atoms with Crippen molar-refractivity contribution in [2.75, 3.05) is 50.6 Å². The van der Waals surface area contributed by atoms with Gasteiger partial charge >= 0.3 is 0 Å². The number of amides is 1. The maximum Gasteiger partial charge on any atom is 0.280 e. The van der Waals surface area contributed by atoms with Crippen molar-refractivity contribution < 1.29 is 18.7 Å². The Morgan fingerprint density at radius 1 is 0.750 bits per heavy atom. The zero-order valence-corrected chi connectivity index (χ0v) is 27.2. The highest BCUT2D eigenvalue weighted by atomic mass is 32.2. The van der Waals surface area contributed by atoms with Crippen molar-refractivity contribution in [3.8, 4) is 0 Å². The zero-order valence-electron chi connectivity index (χ0n) is 26.4. The predicted octanol–water partition coefficient (Wildman–Crippen LogP) is 5.83. The topological polar surface area (TPSA) is 107 Å². The lowest BCUT2D eigenvalue weighted by atomic mass is 10.1. The Kier molecular flexibility index (Phi) is 11.2. The van der Waals surface area contributed by atoms with E-state index in [1.165, 1.54) is 23.9 Å². The second kappa shape index (κ2) is 16.3. The molecule has 0 saturated heterocycles. The van der Waals surface area contributed by atoms with E-state index in [1.54, 1.807) is 28.8 Å². The van der Waals surface area contributed by atoms with Gasteiger partial charge in [-0.15, -0.1) is 11.8 Å². The van der Waals surface area contributed by atoms with Crippen molar-refractivity contribution in [3.63, 3.8) is 0 Å². The number of pyridine rings is 1. The molecule has 9 nitrogen and oxygen atoms in total. The summed E-state index contributed by atoms with van der Waals surface area (Å²) in [7, 11) is 0. The number of rotatable bonds is 16. The average Bonchev–Trinajstić information content (AvgIpc) is 3.11. The Morgan fingerprint density at radius 2 is 1.38 bits per heavy atom. The summed E-state index contributed by atoms with van der Waals surface area (Å²) >= 11 is 1.53. The molecule has 2 aromatic heterocycles. The van der Waals surface area contributed by atoms with Gasteiger partial charge in [0.1, 0.15) is 18.2 Å². The van der Waals surface area contributed by atoms with Crippen LogP contribution in [-0.4, -0.2) is 65.7 Å². The van der Waals surface area contributed by atoms with Crippen LogP contribution in [0.25, 0.3) is 32.7 Å². The summed E-state index contributed by atoms with van der Waals surface area (Å²) in [6.45, 7) is 2.68. The van der Waals surface area contributed by atoms with Gasteiger partial charge in [0.25, 0.3) is 5.56 Å². The van der Waals surface area contributed by atoms with Crippen LogP contribution in [0.5, 0.6) is 0 Å². The van der Waals surface area contributed by atoms with E-state index in [4.69, 9.17) is 14.5 Å². The average molecular weight is 666 g/mol. The molecule has 4 aromatic carbocycles. The highest BCUT2D eigenvalue weighted by Gasteiger charge is 2.14. The van der Waals surface area contributed by atoms with Gasteiger partial charge in [-0.05, 0) is 48.5 Å². The van der Waals surface area contributed by atoms with Crippen LogP contribution in [0, 0.1) is 5.82 Å². The number of nitrogens with zero attached hydrogens (tertiary/aromatic N) is 3. The third-order valence-electron chi connectivity index (χ3n) is 7.75. The van der Waals surface area contributed by atoms with Crippen molar-refractivity contribution in [3.05, 3.63) is 119 Å². The molecule has 0 aliphatic rings. The van der Waals surface area contributed by atoms with Gasteiger partial charge in [-0.25, -0.2) is 9.37 Å². The molecule has 246 valence electrons. The van der Waals surface area contributed by atoms with Gasteiger partial charge in [0.2, 0.25) is 5.91 Å². The fourth-order valence-corrected chi connectivity index (χ4v) is 6.34. The number of aromatic nitrogens is 3. The highest BCUT2D eigenvalue weighted by Crippen LogP contribution is 2.30. The van der Waals surface area contributed by atoms with Gasteiger partial charge in [0.05, 0.1) is 54.1 Å². The van der Waals surface area contributed by atoms with Gasteiger partial charge in [0.15, 0.2) is 0 Å². The molecule has 6 rings (SSSR count). The number of aryl methyl sites for hydroxylation is 1. The summed E-state index contributed by atoms with van der Waals surface area (Å²) in [5.74, 6) is 0.640. The van der Waals surface area contributed by atoms with Gasteiger partial charge in [-0.1, -0.05) is 48.5 Å². The van der Waals surface area contributed by atoms with Crippen molar-refractivity contribution in [1.29, 1.82) is 0 Å². The lowest BCUT2D eigenvalue weighted by Gasteiger charge is -2.16. The Labute approximate surface area is 281 Å². The first kappa shape index (κ1) is 33.1. The first-order valence-electron chi connectivity index (χ1n) is 15.9. The molecule has 2 N–H and O–H groups in total. The van der Waals surface area contributed by atoms with Crippen LogP contribution >= 0.6 is 11.8 Å². The van der Waals surface area contributed by atoms with Crippen LogP contribution in [0.1, 0.15) is 5.82 Å². The summed E-state index contributed by atoms with van der Waals surface area (Å²) in [5, 5.41) is 9.02. The van der Waals surface area contributed by atoms with E-state index in [2.05, 4.69) is 27.8 Å². The fourth-order valence-electron chi connectivity index (χ4n) is 5.49. The molecular weight excluding hydrogens is 630 g/mol. The lowest BCUT2D eigenvalue weighted by Crippen LogP contribution is -2.33. The normalized spacial score (nSPS) is 11.4. The molecule has 0 unspecified atom stereocenters. The number of fused-ring (bicyclic) bond motifs is 3. The van der Waals surface area contributed by atoms with E-state index in [9.17, 15) is 14.0 Å². The molecule has 0 radical (unpaired) electrons.